The molecule has 0 amide bonds. The third-order valence-corrected chi connectivity index (χ3v) is 3.66. The van der Waals surface area contributed by atoms with Crippen molar-refractivity contribution in [1.29, 1.82) is 0 Å². The zero-order valence-electron chi connectivity index (χ0n) is 11.9. The van der Waals surface area contributed by atoms with Crippen molar-refractivity contribution in [1.82, 2.24) is 20.2 Å². The second kappa shape index (κ2) is 5.62. The van der Waals surface area contributed by atoms with Gasteiger partial charge in [0.1, 0.15) is 5.82 Å². The number of aromatic amines is 1. The van der Waals surface area contributed by atoms with Crippen molar-refractivity contribution >= 4 is 22.8 Å². The van der Waals surface area contributed by atoms with Gasteiger partial charge in [-0.25, -0.2) is 0 Å². The minimum Gasteiger partial charge on any atom is -0.381 e. The summed E-state index contributed by atoms with van der Waals surface area (Å²) in [4.78, 5) is 11.1. The van der Waals surface area contributed by atoms with Crippen LogP contribution in [0.4, 0.5) is 11.8 Å². The number of rotatable bonds is 4. The van der Waals surface area contributed by atoms with Gasteiger partial charge in [0.2, 0.25) is 5.95 Å². The molecule has 0 bridgehead atoms. The van der Waals surface area contributed by atoms with Gasteiger partial charge < -0.3 is 15.0 Å². The van der Waals surface area contributed by atoms with Gasteiger partial charge >= 0.3 is 0 Å². The maximum atomic E-state index is 5.55. The van der Waals surface area contributed by atoms with Crippen LogP contribution < -0.4 is 10.2 Å². The summed E-state index contributed by atoms with van der Waals surface area (Å²) in [6, 6.07) is 0. The molecule has 0 radical (unpaired) electrons. The monoisotopic (exact) mass is 276 g/mol. The summed E-state index contributed by atoms with van der Waals surface area (Å²) in [6.45, 7) is 2.66. The summed E-state index contributed by atoms with van der Waals surface area (Å²) >= 11 is 0. The maximum absolute atomic E-state index is 5.55. The summed E-state index contributed by atoms with van der Waals surface area (Å²) < 4.78 is 5.55. The quantitative estimate of drug-likeness (QED) is 0.875. The molecule has 1 fully saturated rings. The van der Waals surface area contributed by atoms with Crippen LogP contribution in [-0.2, 0) is 4.74 Å². The molecular weight excluding hydrogens is 256 g/mol. The van der Waals surface area contributed by atoms with Crippen molar-refractivity contribution in [3.8, 4) is 0 Å². The highest BCUT2D eigenvalue weighted by atomic mass is 16.5. The zero-order valence-corrected chi connectivity index (χ0v) is 11.9. The van der Waals surface area contributed by atoms with Crippen molar-refractivity contribution in [3.05, 3.63) is 6.20 Å². The van der Waals surface area contributed by atoms with Gasteiger partial charge in [-0.15, -0.1) is 0 Å². The molecule has 1 aliphatic heterocycles. The summed E-state index contributed by atoms with van der Waals surface area (Å²) in [6.07, 6.45) is 4.13. The van der Waals surface area contributed by atoms with E-state index in [2.05, 4.69) is 37.4 Å². The van der Waals surface area contributed by atoms with Crippen molar-refractivity contribution in [2.75, 3.05) is 44.1 Å². The van der Waals surface area contributed by atoms with E-state index in [1.807, 2.05) is 7.05 Å². The molecule has 7 nitrogen and oxygen atoms in total. The van der Waals surface area contributed by atoms with Gasteiger partial charge in [-0.2, -0.15) is 15.1 Å². The van der Waals surface area contributed by atoms with E-state index >= 15 is 0 Å². The van der Waals surface area contributed by atoms with E-state index in [-0.39, 0.29) is 0 Å². The first-order chi connectivity index (χ1) is 9.78. The fraction of sp³-hybridized carbons (Fsp3) is 0.615. The standard InChI is InChI=1S/C13H20N6O/c1-14-13-16-11-10(6-15-18-11)12(17-13)19(2)7-9-4-3-5-20-8-9/h6,9H,3-5,7-8H2,1-2H3,(H2,14,15,16,17,18). The first-order valence-electron chi connectivity index (χ1n) is 6.95. The van der Waals surface area contributed by atoms with Gasteiger partial charge in [-0.1, -0.05) is 0 Å². The predicted octanol–water partition coefficient (Wildman–Crippen LogP) is 1.26. The predicted molar refractivity (Wildman–Crippen MR) is 78.0 cm³/mol. The van der Waals surface area contributed by atoms with Crippen LogP contribution in [0.1, 0.15) is 12.8 Å². The smallest absolute Gasteiger partial charge is 0.226 e. The van der Waals surface area contributed by atoms with Gasteiger partial charge in [-0.05, 0) is 18.8 Å². The van der Waals surface area contributed by atoms with Crippen LogP contribution in [0.15, 0.2) is 6.20 Å². The van der Waals surface area contributed by atoms with Crippen LogP contribution in [0.2, 0.25) is 0 Å². The number of hydrogen-bond donors (Lipinski definition) is 2. The highest BCUT2D eigenvalue weighted by Crippen LogP contribution is 2.24. The molecule has 1 aliphatic rings. The lowest BCUT2D eigenvalue weighted by molar-refractivity contribution is 0.0576. The minimum absolute atomic E-state index is 0.559. The molecule has 3 heterocycles. The number of hydrogen-bond acceptors (Lipinski definition) is 6. The zero-order chi connectivity index (χ0) is 13.9. The molecule has 7 heteroatoms. The second-order valence-corrected chi connectivity index (χ2v) is 5.22. The Hall–Kier alpha value is -1.89. The SMILES string of the molecule is CNc1nc(N(C)CC2CCCOC2)c2cn[nH]c2n1. The normalized spacial score (nSPS) is 19.2. The average molecular weight is 276 g/mol. The van der Waals surface area contributed by atoms with Gasteiger partial charge in [0.25, 0.3) is 0 Å². The van der Waals surface area contributed by atoms with Crippen LogP contribution in [0.5, 0.6) is 0 Å². The number of nitrogens with zero attached hydrogens (tertiary/aromatic N) is 4. The van der Waals surface area contributed by atoms with Crippen LogP contribution in [0.3, 0.4) is 0 Å². The van der Waals surface area contributed by atoms with Gasteiger partial charge in [0.15, 0.2) is 5.65 Å². The van der Waals surface area contributed by atoms with E-state index in [0.29, 0.717) is 11.9 Å². The van der Waals surface area contributed by atoms with Crippen LogP contribution >= 0.6 is 0 Å². The number of aromatic nitrogens is 4. The third kappa shape index (κ3) is 2.53. The van der Waals surface area contributed by atoms with Gasteiger partial charge in [-0.3, -0.25) is 5.10 Å². The molecule has 0 aromatic carbocycles. The summed E-state index contributed by atoms with van der Waals surface area (Å²) in [5, 5.41) is 10.9. The summed E-state index contributed by atoms with van der Waals surface area (Å²) in [5.41, 5.74) is 0.756. The number of nitrogens with one attached hydrogen (secondary N) is 2. The van der Waals surface area contributed by atoms with E-state index in [4.69, 9.17) is 4.74 Å². The van der Waals surface area contributed by atoms with Crippen molar-refractivity contribution in [2.24, 2.45) is 5.92 Å². The first-order valence-corrected chi connectivity index (χ1v) is 6.95. The second-order valence-electron chi connectivity index (χ2n) is 5.22. The van der Waals surface area contributed by atoms with Gasteiger partial charge in [0, 0.05) is 27.2 Å². The lowest BCUT2D eigenvalue weighted by Crippen LogP contribution is -2.31. The van der Waals surface area contributed by atoms with E-state index in [1.54, 1.807) is 6.20 Å². The molecule has 3 rings (SSSR count). The molecule has 1 atom stereocenters. The van der Waals surface area contributed by atoms with Crippen LogP contribution in [0, 0.1) is 5.92 Å². The molecule has 1 unspecified atom stereocenters. The van der Waals surface area contributed by atoms with Crippen molar-refractivity contribution in [3.63, 3.8) is 0 Å². The summed E-state index contributed by atoms with van der Waals surface area (Å²) in [5.74, 6) is 2.06. The number of ether oxygens (including phenoxy) is 1. The Morgan fingerprint density at radius 1 is 1.50 bits per heavy atom. The Kier molecular flexibility index (Phi) is 3.68. The molecule has 108 valence electrons. The molecule has 2 N–H and O–H groups in total. The number of fused-ring (bicyclic) bond motifs is 1. The Morgan fingerprint density at radius 3 is 3.15 bits per heavy atom. The molecule has 1 saturated heterocycles. The molecule has 0 aliphatic carbocycles. The largest absolute Gasteiger partial charge is 0.381 e. The first kappa shape index (κ1) is 13.1. The summed E-state index contributed by atoms with van der Waals surface area (Å²) in [7, 11) is 3.87. The fourth-order valence-electron chi connectivity index (χ4n) is 2.65. The molecule has 0 saturated carbocycles. The Balaban J connectivity index is 1.85. The lowest BCUT2D eigenvalue weighted by Gasteiger charge is -2.28. The number of anilines is 2. The maximum Gasteiger partial charge on any atom is 0.226 e. The highest BCUT2D eigenvalue weighted by Gasteiger charge is 2.19. The molecule has 2 aromatic heterocycles. The number of H-pyrrole nitrogens is 1. The fourth-order valence-corrected chi connectivity index (χ4v) is 2.65. The van der Waals surface area contributed by atoms with E-state index in [1.165, 1.54) is 6.42 Å². The van der Waals surface area contributed by atoms with E-state index in [0.717, 1.165) is 43.0 Å². The Morgan fingerprint density at radius 2 is 2.40 bits per heavy atom. The Labute approximate surface area is 117 Å². The molecular formula is C13H20N6O. The minimum atomic E-state index is 0.559. The van der Waals surface area contributed by atoms with Crippen LogP contribution in [-0.4, -0.2) is 54.0 Å². The lowest BCUT2D eigenvalue weighted by atomic mass is 10.0. The highest BCUT2D eigenvalue weighted by molar-refractivity contribution is 5.87. The molecule has 20 heavy (non-hydrogen) atoms. The molecule has 0 spiro atoms. The van der Waals surface area contributed by atoms with E-state index < -0.39 is 0 Å². The average Bonchev–Trinajstić information content (AvgIpc) is 2.95. The van der Waals surface area contributed by atoms with Gasteiger partial charge in [0.05, 0.1) is 18.2 Å². The topological polar surface area (TPSA) is 79.0 Å². The van der Waals surface area contributed by atoms with Crippen molar-refractivity contribution in [2.45, 2.75) is 12.8 Å². The molecule has 2 aromatic rings. The third-order valence-electron chi connectivity index (χ3n) is 3.66. The van der Waals surface area contributed by atoms with Crippen molar-refractivity contribution < 1.29 is 4.74 Å². The van der Waals surface area contributed by atoms with Crippen LogP contribution in [0.25, 0.3) is 11.0 Å². The van der Waals surface area contributed by atoms with E-state index in [9.17, 15) is 0 Å². The Bertz CT molecular complexity index is 577.